The number of ether oxygens (including phenoxy) is 3. The fourth-order valence-corrected chi connectivity index (χ4v) is 4.80. The molecule has 2 saturated heterocycles. The van der Waals surface area contributed by atoms with Crippen molar-refractivity contribution in [3.05, 3.63) is 0 Å². The second-order valence-electron chi connectivity index (χ2n) is 7.54. The smallest absolute Gasteiger partial charge is 0.168 e. The van der Waals surface area contributed by atoms with Crippen LogP contribution in [0.5, 0.6) is 0 Å². The molecule has 4 heteroatoms. The lowest BCUT2D eigenvalue weighted by Gasteiger charge is -2.51. The molecule has 120 valence electrons. The molecule has 2 spiro atoms. The summed E-state index contributed by atoms with van der Waals surface area (Å²) in [5, 5.41) is 0. The van der Waals surface area contributed by atoms with Crippen molar-refractivity contribution in [1.29, 1.82) is 0 Å². The Hall–Kier alpha value is -0.160. The second kappa shape index (κ2) is 5.48. The third-order valence-corrected chi connectivity index (χ3v) is 6.41. The minimum atomic E-state index is -0.220. The number of hydrogen-bond acceptors (Lipinski definition) is 4. The summed E-state index contributed by atoms with van der Waals surface area (Å²) in [6.45, 7) is 2.52. The fourth-order valence-electron chi connectivity index (χ4n) is 4.80. The molecule has 0 amide bonds. The van der Waals surface area contributed by atoms with Gasteiger partial charge in [0.05, 0.1) is 18.8 Å². The SMILES string of the molecule is CN(C1CCC2(CC1)OCCO2)C1CCOC2(CCC2)C1. The monoisotopic (exact) mass is 295 g/mol. The highest BCUT2D eigenvalue weighted by Gasteiger charge is 2.46. The van der Waals surface area contributed by atoms with E-state index in [4.69, 9.17) is 14.2 Å². The van der Waals surface area contributed by atoms with Crippen LogP contribution in [0, 0.1) is 0 Å². The maximum absolute atomic E-state index is 6.08. The predicted octanol–water partition coefficient (Wildman–Crippen LogP) is 2.71. The lowest BCUT2D eigenvalue weighted by atomic mass is 9.73. The van der Waals surface area contributed by atoms with E-state index in [1.165, 1.54) is 44.9 Å². The van der Waals surface area contributed by atoms with Gasteiger partial charge in [0.15, 0.2) is 5.79 Å². The van der Waals surface area contributed by atoms with Gasteiger partial charge in [-0.15, -0.1) is 0 Å². The van der Waals surface area contributed by atoms with Crippen LogP contribution < -0.4 is 0 Å². The first-order valence-corrected chi connectivity index (χ1v) is 8.84. The highest BCUT2D eigenvalue weighted by Crippen LogP contribution is 2.44. The Morgan fingerprint density at radius 1 is 0.810 bits per heavy atom. The molecule has 4 aliphatic rings. The Morgan fingerprint density at radius 3 is 2.14 bits per heavy atom. The lowest BCUT2D eigenvalue weighted by molar-refractivity contribution is -0.188. The molecule has 2 saturated carbocycles. The minimum absolute atomic E-state index is 0.220. The molecule has 2 aliphatic carbocycles. The quantitative estimate of drug-likeness (QED) is 0.784. The van der Waals surface area contributed by atoms with E-state index in [1.54, 1.807) is 0 Å². The van der Waals surface area contributed by atoms with E-state index in [2.05, 4.69) is 11.9 Å². The third-order valence-electron chi connectivity index (χ3n) is 6.41. The molecular weight excluding hydrogens is 266 g/mol. The topological polar surface area (TPSA) is 30.9 Å². The van der Waals surface area contributed by atoms with Crippen LogP contribution in [0.15, 0.2) is 0 Å². The van der Waals surface area contributed by atoms with E-state index < -0.39 is 0 Å². The molecular formula is C17H29NO3. The highest BCUT2D eigenvalue weighted by atomic mass is 16.7. The van der Waals surface area contributed by atoms with E-state index in [-0.39, 0.29) is 11.4 Å². The van der Waals surface area contributed by atoms with Crippen LogP contribution in [0.2, 0.25) is 0 Å². The van der Waals surface area contributed by atoms with Gasteiger partial charge in [0.1, 0.15) is 0 Å². The summed E-state index contributed by atoms with van der Waals surface area (Å²) in [5.74, 6) is -0.220. The van der Waals surface area contributed by atoms with Gasteiger partial charge < -0.3 is 19.1 Å². The van der Waals surface area contributed by atoms with Gasteiger partial charge in [0, 0.05) is 31.5 Å². The molecule has 4 nitrogen and oxygen atoms in total. The van der Waals surface area contributed by atoms with E-state index in [9.17, 15) is 0 Å². The standard InChI is InChI=1S/C17H29NO3/c1-18(15-5-10-19-16(13-15)6-2-7-16)14-3-8-17(9-4-14)20-11-12-21-17/h14-15H,2-13H2,1H3. The van der Waals surface area contributed by atoms with Gasteiger partial charge in [-0.2, -0.15) is 0 Å². The maximum atomic E-state index is 6.08. The van der Waals surface area contributed by atoms with Crippen LogP contribution in [0.3, 0.4) is 0 Å². The Bertz CT molecular complexity index is 366. The van der Waals surface area contributed by atoms with Crippen LogP contribution in [0.1, 0.15) is 57.8 Å². The van der Waals surface area contributed by atoms with E-state index in [0.29, 0.717) is 12.1 Å². The van der Waals surface area contributed by atoms with Crippen molar-refractivity contribution in [2.75, 3.05) is 26.9 Å². The van der Waals surface area contributed by atoms with Gasteiger partial charge >= 0.3 is 0 Å². The molecule has 21 heavy (non-hydrogen) atoms. The van der Waals surface area contributed by atoms with E-state index >= 15 is 0 Å². The highest BCUT2D eigenvalue weighted by molar-refractivity contribution is 4.98. The summed E-state index contributed by atoms with van der Waals surface area (Å²) < 4.78 is 17.8. The van der Waals surface area contributed by atoms with Crippen molar-refractivity contribution in [2.45, 2.75) is 81.3 Å². The Labute approximate surface area is 128 Å². The molecule has 0 bridgehead atoms. The average molecular weight is 295 g/mol. The summed E-state index contributed by atoms with van der Waals surface area (Å²) in [7, 11) is 2.33. The van der Waals surface area contributed by atoms with E-state index in [0.717, 1.165) is 32.7 Å². The summed E-state index contributed by atoms with van der Waals surface area (Å²) in [4.78, 5) is 2.66. The van der Waals surface area contributed by atoms with E-state index in [1.807, 2.05) is 0 Å². The third kappa shape index (κ3) is 2.65. The number of nitrogens with zero attached hydrogens (tertiary/aromatic N) is 1. The first-order valence-electron chi connectivity index (χ1n) is 8.84. The maximum Gasteiger partial charge on any atom is 0.168 e. The summed E-state index contributed by atoms with van der Waals surface area (Å²) in [5.41, 5.74) is 0.255. The molecule has 0 aromatic heterocycles. The molecule has 4 rings (SSSR count). The normalized spacial score (nSPS) is 35.4. The van der Waals surface area contributed by atoms with Crippen LogP contribution in [0.25, 0.3) is 0 Å². The predicted molar refractivity (Wildman–Crippen MR) is 80.2 cm³/mol. The molecule has 1 atom stereocenters. The lowest BCUT2D eigenvalue weighted by Crippen LogP contribution is -2.54. The molecule has 2 aliphatic heterocycles. The first-order chi connectivity index (χ1) is 10.2. The van der Waals surface area contributed by atoms with Gasteiger partial charge in [-0.05, 0) is 52.0 Å². The summed E-state index contributed by atoms with van der Waals surface area (Å²) >= 11 is 0. The van der Waals surface area contributed by atoms with Gasteiger partial charge in [0.25, 0.3) is 0 Å². The second-order valence-corrected chi connectivity index (χ2v) is 7.54. The number of hydrogen-bond donors (Lipinski definition) is 0. The van der Waals surface area contributed by atoms with Crippen LogP contribution in [-0.2, 0) is 14.2 Å². The van der Waals surface area contributed by atoms with Crippen molar-refractivity contribution in [3.63, 3.8) is 0 Å². The average Bonchev–Trinajstić information content (AvgIpc) is 2.94. The van der Waals surface area contributed by atoms with Crippen molar-refractivity contribution >= 4 is 0 Å². The molecule has 0 N–H and O–H groups in total. The first kappa shape index (κ1) is 14.4. The molecule has 2 heterocycles. The van der Waals surface area contributed by atoms with Crippen molar-refractivity contribution in [2.24, 2.45) is 0 Å². The molecule has 1 unspecified atom stereocenters. The molecule has 0 aromatic carbocycles. The van der Waals surface area contributed by atoms with Crippen molar-refractivity contribution in [1.82, 2.24) is 4.90 Å². The number of rotatable bonds is 2. The van der Waals surface area contributed by atoms with Gasteiger partial charge in [-0.1, -0.05) is 0 Å². The van der Waals surface area contributed by atoms with Gasteiger partial charge in [-0.3, -0.25) is 0 Å². The Kier molecular flexibility index (Phi) is 3.77. The van der Waals surface area contributed by atoms with Gasteiger partial charge in [0.2, 0.25) is 0 Å². The van der Waals surface area contributed by atoms with Crippen LogP contribution in [0.4, 0.5) is 0 Å². The van der Waals surface area contributed by atoms with Gasteiger partial charge in [-0.25, -0.2) is 0 Å². The van der Waals surface area contributed by atoms with Crippen LogP contribution >= 0.6 is 0 Å². The molecule has 0 aromatic rings. The van der Waals surface area contributed by atoms with Crippen molar-refractivity contribution < 1.29 is 14.2 Å². The minimum Gasteiger partial charge on any atom is -0.375 e. The largest absolute Gasteiger partial charge is 0.375 e. The zero-order valence-corrected chi connectivity index (χ0v) is 13.3. The Balaban J connectivity index is 1.34. The Morgan fingerprint density at radius 2 is 1.52 bits per heavy atom. The summed E-state index contributed by atoms with van der Waals surface area (Å²) in [6, 6.07) is 1.41. The fraction of sp³-hybridized carbons (Fsp3) is 1.00. The molecule has 4 fully saturated rings. The zero-order chi connectivity index (χ0) is 14.3. The molecule has 0 radical (unpaired) electrons. The zero-order valence-electron chi connectivity index (χ0n) is 13.3. The van der Waals surface area contributed by atoms with Crippen molar-refractivity contribution in [3.8, 4) is 0 Å². The summed E-state index contributed by atoms with van der Waals surface area (Å²) in [6.07, 6.45) is 10.9. The van der Waals surface area contributed by atoms with Crippen LogP contribution in [-0.4, -0.2) is 55.2 Å².